The van der Waals surface area contributed by atoms with Gasteiger partial charge in [0, 0.05) is 6.42 Å². The van der Waals surface area contributed by atoms with Gasteiger partial charge in [-0.15, -0.1) is 10.2 Å². The van der Waals surface area contributed by atoms with Crippen LogP contribution in [0.3, 0.4) is 0 Å². The molecule has 7 nitrogen and oxygen atoms in total. The Hall–Kier alpha value is -1.50. The quantitative estimate of drug-likeness (QED) is 0.717. The van der Waals surface area contributed by atoms with Crippen LogP contribution in [0.15, 0.2) is 0 Å². The summed E-state index contributed by atoms with van der Waals surface area (Å²) in [4.78, 5) is 11.4. The SMILES string of the molecule is CC(C)(C)OC(=O)CC[C@@H](N)c1nn[nH]n1. The van der Waals surface area contributed by atoms with Crippen molar-refractivity contribution < 1.29 is 9.53 Å². The first-order valence-corrected chi connectivity index (χ1v) is 5.09. The number of rotatable bonds is 4. The molecule has 90 valence electrons. The lowest BCUT2D eigenvalue weighted by atomic mass is 10.1. The molecule has 1 heterocycles. The predicted octanol–water partition coefficient (Wildman–Crippen LogP) is 0.321. The maximum Gasteiger partial charge on any atom is 0.306 e. The molecule has 0 radical (unpaired) electrons. The molecule has 0 aliphatic rings. The van der Waals surface area contributed by atoms with Crippen LogP contribution in [0.5, 0.6) is 0 Å². The summed E-state index contributed by atoms with van der Waals surface area (Å²) in [6.45, 7) is 5.47. The van der Waals surface area contributed by atoms with E-state index < -0.39 is 11.6 Å². The Morgan fingerprint density at radius 1 is 1.56 bits per heavy atom. The first-order valence-electron chi connectivity index (χ1n) is 5.09. The fraction of sp³-hybridized carbons (Fsp3) is 0.778. The first-order chi connectivity index (χ1) is 7.38. The highest BCUT2D eigenvalue weighted by atomic mass is 16.6. The van der Waals surface area contributed by atoms with E-state index in [0.29, 0.717) is 12.2 Å². The standard InChI is InChI=1S/C9H17N5O2/c1-9(2,3)16-7(15)5-4-6(10)8-11-13-14-12-8/h6H,4-5,10H2,1-3H3,(H,11,12,13,14)/t6-/m1/s1. The van der Waals surface area contributed by atoms with Crippen molar-refractivity contribution in [1.29, 1.82) is 0 Å². The highest BCUT2D eigenvalue weighted by molar-refractivity contribution is 5.69. The number of carbonyl (C=O) groups is 1. The number of ether oxygens (including phenoxy) is 1. The molecule has 0 saturated heterocycles. The zero-order chi connectivity index (χ0) is 12.2. The summed E-state index contributed by atoms with van der Waals surface area (Å²) in [5, 5.41) is 13.2. The van der Waals surface area contributed by atoms with Gasteiger partial charge >= 0.3 is 5.97 Å². The highest BCUT2D eigenvalue weighted by Crippen LogP contribution is 2.13. The third kappa shape index (κ3) is 4.35. The van der Waals surface area contributed by atoms with E-state index in [0.717, 1.165) is 0 Å². The van der Waals surface area contributed by atoms with Gasteiger partial charge in [0.05, 0.1) is 6.04 Å². The molecule has 0 aromatic carbocycles. The minimum absolute atomic E-state index is 0.243. The smallest absolute Gasteiger partial charge is 0.306 e. The molecule has 7 heteroatoms. The van der Waals surface area contributed by atoms with Gasteiger partial charge in [0.25, 0.3) is 0 Å². The van der Waals surface area contributed by atoms with Crippen LogP contribution in [0, 0.1) is 0 Å². The van der Waals surface area contributed by atoms with E-state index in [9.17, 15) is 4.79 Å². The molecule has 1 rings (SSSR count). The second kappa shape index (κ2) is 5.02. The van der Waals surface area contributed by atoms with Crippen molar-refractivity contribution in [2.45, 2.75) is 45.3 Å². The number of aromatic amines is 1. The zero-order valence-electron chi connectivity index (χ0n) is 9.73. The number of H-pyrrole nitrogens is 1. The van der Waals surface area contributed by atoms with Crippen LogP contribution in [0.4, 0.5) is 0 Å². The molecule has 0 aliphatic heterocycles. The number of nitrogens with two attached hydrogens (primary N) is 1. The van der Waals surface area contributed by atoms with Crippen LogP contribution >= 0.6 is 0 Å². The fourth-order valence-electron chi connectivity index (χ4n) is 1.12. The molecule has 1 atom stereocenters. The highest BCUT2D eigenvalue weighted by Gasteiger charge is 2.18. The van der Waals surface area contributed by atoms with Gasteiger partial charge in [-0.2, -0.15) is 5.21 Å². The number of nitrogens with zero attached hydrogens (tertiary/aromatic N) is 3. The lowest BCUT2D eigenvalue weighted by molar-refractivity contribution is -0.155. The van der Waals surface area contributed by atoms with E-state index in [1.165, 1.54) is 0 Å². The van der Waals surface area contributed by atoms with Crippen molar-refractivity contribution in [2.75, 3.05) is 0 Å². The lowest BCUT2D eigenvalue weighted by Crippen LogP contribution is -2.24. The van der Waals surface area contributed by atoms with Gasteiger partial charge in [0.1, 0.15) is 5.60 Å². The van der Waals surface area contributed by atoms with Crippen LogP contribution in [-0.4, -0.2) is 32.2 Å². The number of aromatic nitrogens is 4. The van der Waals surface area contributed by atoms with Crippen molar-refractivity contribution >= 4 is 5.97 Å². The molecular formula is C9H17N5O2. The van der Waals surface area contributed by atoms with E-state index in [2.05, 4.69) is 20.6 Å². The second-order valence-electron chi connectivity index (χ2n) is 4.50. The fourth-order valence-corrected chi connectivity index (χ4v) is 1.12. The Kier molecular flexibility index (Phi) is 3.94. The largest absolute Gasteiger partial charge is 0.460 e. The molecular weight excluding hydrogens is 210 g/mol. The number of carbonyl (C=O) groups excluding carboxylic acids is 1. The molecule has 1 aromatic heterocycles. The Morgan fingerprint density at radius 2 is 2.25 bits per heavy atom. The lowest BCUT2D eigenvalue weighted by Gasteiger charge is -2.19. The van der Waals surface area contributed by atoms with E-state index >= 15 is 0 Å². The minimum Gasteiger partial charge on any atom is -0.460 e. The van der Waals surface area contributed by atoms with E-state index in [1.807, 2.05) is 20.8 Å². The maximum absolute atomic E-state index is 11.4. The summed E-state index contributed by atoms with van der Waals surface area (Å²) < 4.78 is 5.15. The molecule has 0 bridgehead atoms. The van der Waals surface area contributed by atoms with Gasteiger partial charge in [0.15, 0.2) is 5.82 Å². The van der Waals surface area contributed by atoms with E-state index in [4.69, 9.17) is 10.5 Å². The summed E-state index contributed by atoms with van der Waals surface area (Å²) in [5.74, 6) is 0.134. The van der Waals surface area contributed by atoms with Crippen LogP contribution in [0.1, 0.15) is 45.5 Å². The second-order valence-corrected chi connectivity index (χ2v) is 4.50. The molecule has 0 fully saturated rings. The zero-order valence-corrected chi connectivity index (χ0v) is 9.73. The van der Waals surface area contributed by atoms with Gasteiger partial charge in [0.2, 0.25) is 0 Å². The van der Waals surface area contributed by atoms with Crippen LogP contribution in [0.25, 0.3) is 0 Å². The molecule has 0 amide bonds. The third-order valence-electron chi connectivity index (χ3n) is 1.77. The van der Waals surface area contributed by atoms with Gasteiger partial charge in [-0.3, -0.25) is 4.79 Å². The molecule has 3 N–H and O–H groups in total. The molecule has 0 unspecified atom stereocenters. The Balaban J connectivity index is 2.32. The average Bonchev–Trinajstić information content (AvgIpc) is 2.64. The molecule has 1 aromatic rings. The van der Waals surface area contributed by atoms with Gasteiger partial charge in [-0.1, -0.05) is 5.21 Å². The van der Waals surface area contributed by atoms with Crippen molar-refractivity contribution in [3.8, 4) is 0 Å². The summed E-state index contributed by atoms with van der Waals surface area (Å²) in [7, 11) is 0. The van der Waals surface area contributed by atoms with Crippen molar-refractivity contribution in [2.24, 2.45) is 5.73 Å². The van der Waals surface area contributed by atoms with Gasteiger partial charge in [-0.25, -0.2) is 0 Å². The van der Waals surface area contributed by atoms with Crippen molar-refractivity contribution in [3.63, 3.8) is 0 Å². The summed E-state index contributed by atoms with van der Waals surface area (Å²) in [6.07, 6.45) is 0.682. The van der Waals surface area contributed by atoms with Crippen LogP contribution < -0.4 is 5.73 Å². The average molecular weight is 227 g/mol. The summed E-state index contributed by atoms with van der Waals surface area (Å²) >= 11 is 0. The normalized spacial score (nSPS) is 13.5. The van der Waals surface area contributed by atoms with Crippen LogP contribution in [-0.2, 0) is 9.53 Å². The number of tetrazole rings is 1. The number of hydrogen-bond acceptors (Lipinski definition) is 6. The Labute approximate surface area is 93.7 Å². The number of esters is 1. The molecule has 0 saturated carbocycles. The molecule has 0 aliphatic carbocycles. The monoisotopic (exact) mass is 227 g/mol. The van der Waals surface area contributed by atoms with Gasteiger partial charge in [-0.05, 0) is 27.2 Å². The molecule has 0 spiro atoms. The van der Waals surface area contributed by atoms with Crippen molar-refractivity contribution in [1.82, 2.24) is 20.6 Å². The topological polar surface area (TPSA) is 107 Å². The number of nitrogens with one attached hydrogen (secondary N) is 1. The Bertz CT molecular complexity index is 330. The third-order valence-corrected chi connectivity index (χ3v) is 1.77. The number of hydrogen-bond donors (Lipinski definition) is 2. The van der Waals surface area contributed by atoms with E-state index in [-0.39, 0.29) is 12.4 Å². The Morgan fingerprint density at radius 3 is 2.75 bits per heavy atom. The predicted molar refractivity (Wildman–Crippen MR) is 56.2 cm³/mol. The maximum atomic E-state index is 11.4. The summed E-state index contributed by atoms with van der Waals surface area (Å²) in [5.41, 5.74) is 5.29. The van der Waals surface area contributed by atoms with Crippen molar-refractivity contribution in [3.05, 3.63) is 5.82 Å². The minimum atomic E-state index is -0.465. The summed E-state index contributed by atoms with van der Waals surface area (Å²) in [6, 6.07) is -0.397. The van der Waals surface area contributed by atoms with Crippen LogP contribution in [0.2, 0.25) is 0 Å². The first kappa shape index (κ1) is 12.6. The van der Waals surface area contributed by atoms with E-state index in [1.54, 1.807) is 0 Å². The molecule has 16 heavy (non-hydrogen) atoms. The van der Waals surface area contributed by atoms with Gasteiger partial charge < -0.3 is 10.5 Å².